The quantitative estimate of drug-likeness (QED) is 0.722. The van der Waals surface area contributed by atoms with Gasteiger partial charge in [-0.15, -0.1) is 0 Å². The lowest BCUT2D eigenvalue weighted by Gasteiger charge is -2.44. The summed E-state index contributed by atoms with van der Waals surface area (Å²) in [5.74, 6) is -1.02. The Morgan fingerprint density at radius 2 is 1.81 bits per heavy atom. The van der Waals surface area contributed by atoms with Crippen molar-refractivity contribution >= 4 is 10.0 Å². The first-order valence-electron chi connectivity index (χ1n) is 9.06. The first kappa shape index (κ1) is 21.3. The zero-order valence-corrected chi connectivity index (χ0v) is 17.4. The minimum absolute atomic E-state index is 0.0416. The maximum atomic E-state index is 13.1. The van der Waals surface area contributed by atoms with Crippen LogP contribution in [0.2, 0.25) is 0 Å². The largest absolute Gasteiger partial charge is 0.376 e. The molecule has 0 spiro atoms. The Labute approximate surface area is 157 Å². The van der Waals surface area contributed by atoms with Crippen LogP contribution in [0.1, 0.15) is 40.2 Å². The van der Waals surface area contributed by atoms with E-state index in [0.29, 0.717) is 6.61 Å². The number of aryl methyl sites for hydroxylation is 1. The summed E-state index contributed by atoms with van der Waals surface area (Å²) in [7, 11) is -3.64. The molecule has 1 aromatic carbocycles. The number of nitrogens with zero attached hydrogens (tertiary/aromatic N) is 1. The molecule has 2 atom stereocenters. The molecule has 6 nitrogen and oxygen atoms in total. The highest BCUT2D eigenvalue weighted by atomic mass is 32.2. The van der Waals surface area contributed by atoms with E-state index in [1.165, 1.54) is 4.31 Å². The molecule has 0 aliphatic carbocycles. The number of hydrogen-bond donors (Lipinski definition) is 0. The van der Waals surface area contributed by atoms with Crippen LogP contribution in [0.3, 0.4) is 0 Å². The molecule has 1 heterocycles. The lowest BCUT2D eigenvalue weighted by atomic mass is 10.2. The van der Waals surface area contributed by atoms with E-state index in [1.54, 1.807) is 31.2 Å². The lowest BCUT2D eigenvalue weighted by Crippen LogP contribution is -2.58. The predicted molar refractivity (Wildman–Crippen MR) is 101 cm³/mol. The monoisotopic (exact) mass is 385 g/mol. The second kappa shape index (κ2) is 8.35. The third-order valence-corrected chi connectivity index (χ3v) is 5.87. The van der Waals surface area contributed by atoms with E-state index in [2.05, 4.69) is 0 Å². The summed E-state index contributed by atoms with van der Waals surface area (Å²) >= 11 is 0. The van der Waals surface area contributed by atoms with Gasteiger partial charge in [-0.1, -0.05) is 17.7 Å². The van der Waals surface area contributed by atoms with Crippen LogP contribution >= 0.6 is 0 Å². The standard InChI is InChI=1S/C19H31NO5S/c1-14(2)23-12-17-11-20(13-19(6,25-17)24-15(3)4)26(21,22)18-9-7-16(5)8-10-18/h7-10,14-15,17H,11-13H2,1-6H3/t17-,19-/m1/s1. The van der Waals surface area contributed by atoms with Crippen LogP contribution in [0.15, 0.2) is 29.2 Å². The zero-order chi connectivity index (χ0) is 19.5. The van der Waals surface area contributed by atoms with Gasteiger partial charge in [-0.25, -0.2) is 8.42 Å². The molecule has 0 unspecified atom stereocenters. The summed E-state index contributed by atoms with van der Waals surface area (Å²) in [6.45, 7) is 12.1. The molecule has 2 rings (SSSR count). The Hall–Kier alpha value is -0.990. The zero-order valence-electron chi connectivity index (χ0n) is 16.6. The molecule has 0 bridgehead atoms. The molecule has 1 fully saturated rings. The molecule has 0 saturated carbocycles. The van der Waals surface area contributed by atoms with Crippen molar-refractivity contribution in [2.24, 2.45) is 0 Å². The highest BCUT2D eigenvalue weighted by molar-refractivity contribution is 7.89. The van der Waals surface area contributed by atoms with Crippen LogP contribution in [0, 0.1) is 6.92 Å². The predicted octanol–water partition coefficient (Wildman–Crippen LogP) is 2.95. The maximum Gasteiger partial charge on any atom is 0.243 e. The van der Waals surface area contributed by atoms with E-state index in [1.807, 2.05) is 34.6 Å². The van der Waals surface area contributed by atoms with Crippen LogP contribution in [0.25, 0.3) is 0 Å². The molecule has 26 heavy (non-hydrogen) atoms. The van der Waals surface area contributed by atoms with Crippen molar-refractivity contribution in [3.05, 3.63) is 29.8 Å². The Bertz CT molecular complexity index is 686. The summed E-state index contributed by atoms with van der Waals surface area (Å²) < 4.78 is 45.3. The fourth-order valence-electron chi connectivity index (χ4n) is 3.03. The molecule has 0 N–H and O–H groups in total. The van der Waals surface area contributed by atoms with Crippen molar-refractivity contribution in [2.75, 3.05) is 19.7 Å². The number of ether oxygens (including phenoxy) is 3. The van der Waals surface area contributed by atoms with E-state index in [0.717, 1.165) is 5.56 Å². The van der Waals surface area contributed by atoms with E-state index >= 15 is 0 Å². The molecule has 0 aromatic heterocycles. The van der Waals surface area contributed by atoms with E-state index < -0.39 is 21.9 Å². The number of hydrogen-bond acceptors (Lipinski definition) is 5. The van der Waals surface area contributed by atoms with Gasteiger partial charge in [0, 0.05) is 6.54 Å². The van der Waals surface area contributed by atoms with Gasteiger partial charge >= 0.3 is 0 Å². The summed E-state index contributed by atoms with van der Waals surface area (Å²) in [5, 5.41) is 0. The number of morpholine rings is 1. The maximum absolute atomic E-state index is 13.1. The van der Waals surface area contributed by atoms with E-state index in [9.17, 15) is 8.42 Å². The van der Waals surface area contributed by atoms with Gasteiger partial charge in [-0.2, -0.15) is 4.31 Å². The normalized spacial score (nSPS) is 25.2. The second-order valence-electron chi connectivity index (χ2n) is 7.53. The van der Waals surface area contributed by atoms with Gasteiger partial charge < -0.3 is 14.2 Å². The summed E-state index contributed by atoms with van der Waals surface area (Å²) in [4.78, 5) is 0.278. The average molecular weight is 386 g/mol. The molecule has 0 radical (unpaired) electrons. The average Bonchev–Trinajstić information content (AvgIpc) is 2.51. The molecule has 1 aliphatic heterocycles. The molecule has 148 valence electrons. The van der Waals surface area contributed by atoms with Crippen molar-refractivity contribution in [3.63, 3.8) is 0 Å². The highest BCUT2D eigenvalue weighted by Crippen LogP contribution is 2.29. The van der Waals surface area contributed by atoms with Gasteiger partial charge in [0.1, 0.15) is 0 Å². The van der Waals surface area contributed by atoms with E-state index in [-0.39, 0.29) is 30.2 Å². The van der Waals surface area contributed by atoms with Crippen LogP contribution in [-0.4, -0.2) is 56.5 Å². The van der Waals surface area contributed by atoms with E-state index in [4.69, 9.17) is 14.2 Å². The third kappa shape index (κ3) is 5.50. The smallest absolute Gasteiger partial charge is 0.243 e. The van der Waals surface area contributed by atoms with Gasteiger partial charge in [-0.05, 0) is 53.7 Å². The molecular formula is C19H31NO5S. The summed E-state index contributed by atoms with van der Waals surface area (Å²) in [6.07, 6.45) is -0.441. The molecule has 0 amide bonds. The number of rotatable bonds is 7. The highest BCUT2D eigenvalue weighted by Gasteiger charge is 2.43. The summed E-state index contributed by atoms with van der Waals surface area (Å²) in [6, 6.07) is 6.88. The van der Waals surface area contributed by atoms with Crippen molar-refractivity contribution in [1.82, 2.24) is 4.31 Å². The lowest BCUT2D eigenvalue weighted by molar-refractivity contribution is -0.291. The van der Waals surface area contributed by atoms with Gasteiger partial charge in [-0.3, -0.25) is 0 Å². The van der Waals surface area contributed by atoms with Crippen molar-refractivity contribution in [1.29, 1.82) is 0 Å². The fourth-order valence-corrected chi connectivity index (χ4v) is 4.58. The molecule has 1 saturated heterocycles. The SMILES string of the molecule is Cc1ccc(S(=O)(=O)N2C[C@H](COC(C)C)O[C@@](C)(OC(C)C)C2)cc1. The Kier molecular flexibility index (Phi) is 6.85. The first-order chi connectivity index (χ1) is 12.0. The van der Waals surface area contributed by atoms with Crippen LogP contribution < -0.4 is 0 Å². The minimum Gasteiger partial charge on any atom is -0.376 e. The Morgan fingerprint density at radius 3 is 2.35 bits per heavy atom. The summed E-state index contributed by atoms with van der Waals surface area (Å²) in [5.41, 5.74) is 1.02. The van der Waals surface area contributed by atoms with Crippen LogP contribution in [-0.2, 0) is 24.2 Å². The number of sulfonamides is 1. The first-order valence-corrected chi connectivity index (χ1v) is 10.5. The minimum atomic E-state index is -3.64. The Morgan fingerprint density at radius 1 is 1.19 bits per heavy atom. The van der Waals surface area contributed by atoms with Gasteiger partial charge in [0.25, 0.3) is 0 Å². The molecule has 7 heteroatoms. The van der Waals surface area contributed by atoms with Crippen molar-refractivity contribution < 1.29 is 22.6 Å². The van der Waals surface area contributed by atoms with Crippen molar-refractivity contribution in [3.8, 4) is 0 Å². The van der Waals surface area contributed by atoms with Crippen molar-refractivity contribution in [2.45, 2.75) is 70.5 Å². The number of benzene rings is 1. The van der Waals surface area contributed by atoms with Gasteiger partial charge in [0.15, 0.2) is 5.79 Å². The molecular weight excluding hydrogens is 354 g/mol. The van der Waals surface area contributed by atoms with Crippen LogP contribution in [0.5, 0.6) is 0 Å². The second-order valence-corrected chi connectivity index (χ2v) is 9.47. The Balaban J connectivity index is 2.28. The third-order valence-electron chi connectivity index (χ3n) is 4.05. The fraction of sp³-hybridized carbons (Fsp3) is 0.684. The molecule has 1 aromatic rings. The molecule has 1 aliphatic rings. The topological polar surface area (TPSA) is 65.1 Å². The van der Waals surface area contributed by atoms with Crippen LogP contribution in [0.4, 0.5) is 0 Å². The van der Waals surface area contributed by atoms with Gasteiger partial charge in [0.2, 0.25) is 10.0 Å². The van der Waals surface area contributed by atoms with Gasteiger partial charge in [0.05, 0.1) is 36.4 Å².